The number of aliphatic hydroxyl groups excluding tert-OH is 1. The monoisotopic (exact) mass is 1490 g/mol. The van der Waals surface area contributed by atoms with Gasteiger partial charge in [-0.25, -0.2) is 9.13 Å². The number of rotatable bonds is 82. The van der Waals surface area contributed by atoms with E-state index in [9.17, 15) is 43.2 Å². The third kappa shape index (κ3) is 74.9. The summed E-state index contributed by atoms with van der Waals surface area (Å²) in [5, 5.41) is 10.7. The van der Waals surface area contributed by atoms with Gasteiger partial charge in [-0.15, -0.1) is 0 Å². The fourth-order valence-corrected chi connectivity index (χ4v) is 14.4. The summed E-state index contributed by atoms with van der Waals surface area (Å²) in [5.74, 6) is -0.512. The van der Waals surface area contributed by atoms with Crippen LogP contribution in [0, 0.1) is 11.8 Å². The van der Waals surface area contributed by atoms with E-state index in [4.69, 9.17) is 37.0 Å². The molecule has 0 saturated heterocycles. The highest BCUT2D eigenvalue weighted by molar-refractivity contribution is 7.47. The van der Waals surface area contributed by atoms with Gasteiger partial charge in [0.15, 0.2) is 12.2 Å². The molecule has 3 N–H and O–H groups in total. The summed E-state index contributed by atoms with van der Waals surface area (Å²) in [6.07, 6.45) is 65.1. The summed E-state index contributed by atoms with van der Waals surface area (Å²) in [6.45, 7) is 9.69. The molecule has 0 aromatic heterocycles. The average Bonchev–Trinajstić information content (AvgIpc) is 0.920. The van der Waals surface area contributed by atoms with Crippen LogP contribution in [0.5, 0.6) is 0 Å². The zero-order valence-corrected chi connectivity index (χ0v) is 68.7. The van der Waals surface area contributed by atoms with E-state index in [-0.39, 0.29) is 25.7 Å². The van der Waals surface area contributed by atoms with Crippen molar-refractivity contribution in [3.63, 3.8) is 0 Å². The van der Waals surface area contributed by atoms with E-state index in [2.05, 4.69) is 41.5 Å². The van der Waals surface area contributed by atoms with E-state index >= 15 is 0 Å². The van der Waals surface area contributed by atoms with Crippen molar-refractivity contribution < 1.29 is 80.2 Å². The second kappa shape index (κ2) is 74.5. The summed E-state index contributed by atoms with van der Waals surface area (Å²) in [5.41, 5.74) is 0. The molecule has 0 aliphatic rings. The highest BCUT2D eigenvalue weighted by Gasteiger charge is 2.30. The van der Waals surface area contributed by atoms with Crippen LogP contribution in [0.3, 0.4) is 0 Å². The Labute approximate surface area is 626 Å². The van der Waals surface area contributed by atoms with Crippen LogP contribution in [0.2, 0.25) is 0 Å². The highest BCUT2D eigenvalue weighted by Crippen LogP contribution is 2.45. The van der Waals surface area contributed by atoms with Gasteiger partial charge in [-0.3, -0.25) is 37.3 Å². The lowest BCUT2D eigenvalue weighted by Gasteiger charge is -2.21. The molecule has 0 aromatic rings. The Bertz CT molecular complexity index is 1960. The van der Waals surface area contributed by atoms with E-state index in [1.807, 2.05) is 0 Å². The minimum Gasteiger partial charge on any atom is -0.462 e. The lowest BCUT2D eigenvalue weighted by atomic mass is 9.99. The van der Waals surface area contributed by atoms with Gasteiger partial charge in [0.25, 0.3) is 0 Å². The van der Waals surface area contributed by atoms with Crippen LogP contribution in [-0.2, 0) is 65.4 Å². The second-order valence-electron chi connectivity index (χ2n) is 30.6. The lowest BCUT2D eigenvalue weighted by molar-refractivity contribution is -0.161. The van der Waals surface area contributed by atoms with E-state index in [1.165, 1.54) is 257 Å². The maximum atomic E-state index is 13.1. The molecule has 0 aliphatic heterocycles. The number of aliphatic hydroxyl groups is 1. The Morgan fingerprint density at radius 1 is 0.284 bits per heavy atom. The fraction of sp³-hybridized carbons (Fsp3) is 0.952. The number of hydrogen-bond acceptors (Lipinski definition) is 15. The Balaban J connectivity index is 5.24. The second-order valence-corrected chi connectivity index (χ2v) is 33.5. The van der Waals surface area contributed by atoms with Crippen molar-refractivity contribution in [3.8, 4) is 0 Å². The molecule has 0 spiro atoms. The zero-order valence-electron chi connectivity index (χ0n) is 66.9. The van der Waals surface area contributed by atoms with E-state index in [0.717, 1.165) is 102 Å². The maximum Gasteiger partial charge on any atom is 0.472 e. The molecule has 3 unspecified atom stereocenters. The topological polar surface area (TPSA) is 237 Å². The number of ether oxygens (including phenoxy) is 4. The molecule has 606 valence electrons. The van der Waals surface area contributed by atoms with Crippen LogP contribution in [0.4, 0.5) is 0 Å². The number of unbranched alkanes of at least 4 members (excludes halogenated alkanes) is 51. The van der Waals surface area contributed by atoms with Crippen molar-refractivity contribution in [2.24, 2.45) is 11.8 Å². The molecule has 102 heavy (non-hydrogen) atoms. The van der Waals surface area contributed by atoms with Gasteiger partial charge < -0.3 is 33.8 Å². The van der Waals surface area contributed by atoms with Crippen LogP contribution in [0.1, 0.15) is 440 Å². The highest BCUT2D eigenvalue weighted by atomic mass is 31.2. The smallest absolute Gasteiger partial charge is 0.462 e. The summed E-state index contributed by atoms with van der Waals surface area (Å²) >= 11 is 0. The Hall–Kier alpha value is -1.94. The van der Waals surface area contributed by atoms with Gasteiger partial charge in [-0.2, -0.15) is 0 Å². The summed E-state index contributed by atoms with van der Waals surface area (Å²) in [6, 6.07) is 0. The van der Waals surface area contributed by atoms with E-state index in [1.54, 1.807) is 0 Å². The van der Waals surface area contributed by atoms with Gasteiger partial charge in [0.1, 0.15) is 19.3 Å². The van der Waals surface area contributed by atoms with Gasteiger partial charge in [-0.05, 0) is 37.5 Å². The molecule has 17 nitrogen and oxygen atoms in total. The molecule has 0 fully saturated rings. The largest absolute Gasteiger partial charge is 0.472 e. The van der Waals surface area contributed by atoms with Crippen molar-refractivity contribution in [2.75, 3.05) is 39.6 Å². The first-order valence-electron chi connectivity index (χ1n) is 43.0. The van der Waals surface area contributed by atoms with Crippen molar-refractivity contribution in [2.45, 2.75) is 458 Å². The third-order valence-electron chi connectivity index (χ3n) is 19.8. The molecule has 0 aromatic carbocycles. The van der Waals surface area contributed by atoms with Crippen LogP contribution < -0.4 is 0 Å². The summed E-state index contributed by atoms with van der Waals surface area (Å²) in [7, 11) is -9.92. The minimum atomic E-state index is -4.96. The first-order valence-corrected chi connectivity index (χ1v) is 46.0. The number of hydrogen-bond donors (Lipinski definition) is 3. The van der Waals surface area contributed by atoms with Gasteiger partial charge in [0, 0.05) is 25.7 Å². The van der Waals surface area contributed by atoms with Crippen molar-refractivity contribution >= 4 is 39.5 Å². The summed E-state index contributed by atoms with van der Waals surface area (Å²) in [4.78, 5) is 73.1. The summed E-state index contributed by atoms with van der Waals surface area (Å²) < 4.78 is 68.8. The van der Waals surface area contributed by atoms with Crippen LogP contribution in [-0.4, -0.2) is 96.7 Å². The van der Waals surface area contributed by atoms with Gasteiger partial charge in [-0.1, -0.05) is 388 Å². The first-order chi connectivity index (χ1) is 49.4. The predicted molar refractivity (Wildman–Crippen MR) is 418 cm³/mol. The first kappa shape index (κ1) is 100. The van der Waals surface area contributed by atoms with Gasteiger partial charge >= 0.3 is 39.5 Å². The molecule has 0 radical (unpaired) electrons. The number of phosphoric acid groups is 2. The normalized spacial score (nSPS) is 14.1. The van der Waals surface area contributed by atoms with Gasteiger partial charge in [0.2, 0.25) is 0 Å². The Kier molecular flexibility index (Phi) is 73.1. The molecule has 0 aliphatic carbocycles. The molecule has 0 rings (SSSR count). The molecule has 0 heterocycles. The Morgan fingerprint density at radius 3 is 0.745 bits per heavy atom. The molecule has 0 saturated carbocycles. The SMILES string of the molecule is CCCCCCCCCCCCCCCCCCCCCCCC(=O)O[C@H](COC(=O)CCCCCCCCCCCCCCCC(C)C)COP(=O)(O)OC[C@@H](O)COP(=O)(O)OC[C@@H](COC(=O)CCCCCCCCCCCCC)OC(=O)CCCCCCCCCCCCC(C)CC. The number of carbonyl (C=O) groups excluding carboxylic acids is 4. The minimum absolute atomic E-state index is 0.107. The van der Waals surface area contributed by atoms with E-state index in [0.29, 0.717) is 25.7 Å². The quantitative estimate of drug-likeness (QED) is 0.0222. The van der Waals surface area contributed by atoms with Crippen molar-refractivity contribution in [3.05, 3.63) is 0 Å². The number of phosphoric ester groups is 2. The molecular weight excluding hydrogens is 1330 g/mol. The van der Waals surface area contributed by atoms with Crippen molar-refractivity contribution in [1.29, 1.82) is 0 Å². The number of carbonyl (C=O) groups is 4. The predicted octanol–water partition coefficient (Wildman–Crippen LogP) is 25.1. The Morgan fingerprint density at radius 2 is 0.500 bits per heavy atom. The average molecular weight is 1490 g/mol. The molecular formula is C83H162O17P2. The van der Waals surface area contributed by atoms with Crippen molar-refractivity contribution in [1.82, 2.24) is 0 Å². The standard InChI is InChI=1S/C83H162O17P2/c1-7-10-12-14-16-18-20-21-22-23-24-25-26-27-28-31-36-43-49-55-61-67-82(87)99-78(72-94-81(86)66-60-54-48-42-35-32-29-30-34-39-45-51-57-63-75(4)5)73-97-101(89,90)95-69-77(84)70-96-102(91,92)98-74-79(71-93-80(85)65-59-53-47-41-33-19-17-15-13-11-8-2)100-83(88)68-62-56-50-44-38-37-40-46-52-58-64-76(6)9-3/h75-79,84H,7-74H2,1-6H3,(H,89,90)(H,91,92)/t76?,77-,78-,79-/m1/s1. The van der Waals surface area contributed by atoms with Crippen LogP contribution in [0.15, 0.2) is 0 Å². The van der Waals surface area contributed by atoms with E-state index < -0.39 is 97.5 Å². The van der Waals surface area contributed by atoms with Crippen LogP contribution in [0.25, 0.3) is 0 Å². The molecule has 0 bridgehead atoms. The lowest BCUT2D eigenvalue weighted by Crippen LogP contribution is -2.30. The number of esters is 4. The zero-order chi connectivity index (χ0) is 74.9. The molecule has 6 atom stereocenters. The maximum absolute atomic E-state index is 13.1. The fourth-order valence-electron chi connectivity index (χ4n) is 12.9. The molecule has 0 amide bonds. The third-order valence-corrected chi connectivity index (χ3v) is 21.7. The van der Waals surface area contributed by atoms with Crippen LogP contribution >= 0.6 is 15.6 Å². The van der Waals surface area contributed by atoms with Gasteiger partial charge in [0.05, 0.1) is 26.4 Å². The molecule has 19 heteroatoms.